The molecule has 7 heteroatoms. The van der Waals surface area contributed by atoms with Crippen molar-refractivity contribution in [1.29, 1.82) is 0 Å². The van der Waals surface area contributed by atoms with E-state index in [1.807, 2.05) is 18.2 Å². The number of carbonyl (C=O) groups excluding carboxylic acids is 1. The van der Waals surface area contributed by atoms with Gasteiger partial charge < -0.3 is 21.9 Å². The minimum Gasteiger partial charge on any atom is -0.481 e. The van der Waals surface area contributed by atoms with Gasteiger partial charge in [0.1, 0.15) is 0 Å². The number of anilines is 1. The normalized spacial score (nSPS) is 16.2. The van der Waals surface area contributed by atoms with Crippen molar-refractivity contribution < 1.29 is 14.7 Å². The van der Waals surface area contributed by atoms with Gasteiger partial charge in [-0.15, -0.1) is 0 Å². The lowest BCUT2D eigenvalue weighted by atomic mass is 9.89. The number of aliphatic imine (C=N–C) groups is 1. The van der Waals surface area contributed by atoms with E-state index in [-0.39, 0.29) is 18.3 Å². The van der Waals surface area contributed by atoms with E-state index >= 15 is 0 Å². The van der Waals surface area contributed by atoms with Gasteiger partial charge in [0.2, 0.25) is 5.91 Å². The lowest BCUT2D eigenvalue weighted by molar-refractivity contribution is -0.140. The highest BCUT2D eigenvalue weighted by Crippen LogP contribution is 2.28. The molecule has 0 spiro atoms. The Hall–Kier alpha value is -2.57. The zero-order valence-corrected chi connectivity index (χ0v) is 13.6. The maximum Gasteiger partial charge on any atom is 0.304 e. The quantitative estimate of drug-likeness (QED) is 0.323. The van der Waals surface area contributed by atoms with E-state index in [2.05, 4.69) is 10.3 Å². The first-order valence-electron chi connectivity index (χ1n) is 8.15. The van der Waals surface area contributed by atoms with Gasteiger partial charge in [0.15, 0.2) is 5.96 Å². The summed E-state index contributed by atoms with van der Waals surface area (Å²) in [5, 5.41) is 11.7. The number of carboxylic acids is 1. The summed E-state index contributed by atoms with van der Waals surface area (Å²) in [6.45, 7) is 0.646. The van der Waals surface area contributed by atoms with Crippen LogP contribution in [0.2, 0.25) is 0 Å². The number of fused-ring (bicyclic) bond motifs is 1. The number of nitrogens with two attached hydrogens (primary N) is 2. The van der Waals surface area contributed by atoms with E-state index in [9.17, 15) is 9.59 Å². The van der Waals surface area contributed by atoms with Gasteiger partial charge in [-0.05, 0) is 42.9 Å². The predicted molar refractivity (Wildman–Crippen MR) is 92.8 cm³/mol. The topological polar surface area (TPSA) is 131 Å². The molecule has 1 aliphatic heterocycles. The molecule has 6 N–H and O–H groups in total. The number of carboxylic acid groups (broad SMARTS) is 1. The molecular weight excluding hydrogens is 308 g/mol. The van der Waals surface area contributed by atoms with Crippen molar-refractivity contribution in [1.82, 2.24) is 0 Å². The van der Waals surface area contributed by atoms with Gasteiger partial charge in [0.25, 0.3) is 0 Å². The smallest absolute Gasteiger partial charge is 0.304 e. The van der Waals surface area contributed by atoms with Crippen LogP contribution >= 0.6 is 0 Å². The molecule has 0 bridgehead atoms. The second-order valence-corrected chi connectivity index (χ2v) is 6.10. The summed E-state index contributed by atoms with van der Waals surface area (Å²) in [6.07, 6.45) is 4.25. The van der Waals surface area contributed by atoms with Crippen LogP contribution in [0.5, 0.6) is 0 Å². The summed E-state index contributed by atoms with van der Waals surface area (Å²) in [6, 6.07) is 6.02. The van der Waals surface area contributed by atoms with Crippen molar-refractivity contribution in [2.24, 2.45) is 22.4 Å². The maximum atomic E-state index is 12.0. The largest absolute Gasteiger partial charge is 0.481 e. The molecule has 0 saturated carbocycles. The third kappa shape index (κ3) is 5.26. The summed E-state index contributed by atoms with van der Waals surface area (Å²) < 4.78 is 0. The van der Waals surface area contributed by atoms with Crippen molar-refractivity contribution >= 4 is 23.5 Å². The molecule has 1 heterocycles. The summed E-state index contributed by atoms with van der Waals surface area (Å²) in [5.74, 6) is -1.52. The first kappa shape index (κ1) is 17.8. The summed E-state index contributed by atoms with van der Waals surface area (Å²) in [7, 11) is 0. The highest BCUT2D eigenvalue weighted by Gasteiger charge is 2.28. The predicted octanol–water partition coefficient (Wildman–Crippen LogP) is 1.26. The van der Waals surface area contributed by atoms with Crippen LogP contribution in [-0.4, -0.2) is 29.5 Å². The Balaban J connectivity index is 1.86. The Morgan fingerprint density at radius 2 is 2.08 bits per heavy atom. The Labute approximate surface area is 141 Å². The number of aliphatic carboxylic acids is 1. The number of hydrogen-bond donors (Lipinski definition) is 4. The standard InChI is InChI=1S/C17H24N4O3/c18-17(19)20-7-3-1-2-4-11-5-6-12-9-13(10-15(22)23)16(24)21-14(12)8-11/h5-6,8,13H,1-4,7,9-10H2,(H,21,24)(H,22,23)(H4,18,19,20). The van der Waals surface area contributed by atoms with E-state index in [1.165, 1.54) is 0 Å². The van der Waals surface area contributed by atoms with E-state index in [4.69, 9.17) is 16.6 Å². The third-order valence-corrected chi connectivity index (χ3v) is 4.11. The van der Waals surface area contributed by atoms with Gasteiger partial charge in [-0.2, -0.15) is 0 Å². The molecule has 1 unspecified atom stereocenters. The maximum absolute atomic E-state index is 12.0. The van der Waals surface area contributed by atoms with Crippen molar-refractivity contribution in [3.63, 3.8) is 0 Å². The second kappa shape index (κ2) is 8.33. The summed E-state index contributed by atoms with van der Waals surface area (Å²) >= 11 is 0. The van der Waals surface area contributed by atoms with Crippen LogP contribution in [0.4, 0.5) is 5.69 Å². The lowest BCUT2D eigenvalue weighted by Crippen LogP contribution is -2.31. The molecule has 24 heavy (non-hydrogen) atoms. The number of amides is 1. The number of nitrogens with one attached hydrogen (secondary N) is 1. The zero-order chi connectivity index (χ0) is 17.5. The van der Waals surface area contributed by atoms with Gasteiger partial charge in [-0.25, -0.2) is 0 Å². The average Bonchev–Trinajstić information content (AvgIpc) is 2.51. The van der Waals surface area contributed by atoms with Crippen molar-refractivity contribution in [2.45, 2.75) is 38.5 Å². The molecule has 1 aromatic rings. The molecule has 0 radical (unpaired) electrons. The Bertz CT molecular complexity index is 639. The van der Waals surface area contributed by atoms with Crippen molar-refractivity contribution in [3.05, 3.63) is 29.3 Å². The van der Waals surface area contributed by atoms with Crippen LogP contribution < -0.4 is 16.8 Å². The van der Waals surface area contributed by atoms with Crippen LogP contribution in [-0.2, 0) is 22.4 Å². The Morgan fingerprint density at radius 3 is 2.79 bits per heavy atom. The van der Waals surface area contributed by atoms with E-state index in [0.29, 0.717) is 13.0 Å². The first-order valence-corrected chi connectivity index (χ1v) is 8.15. The van der Waals surface area contributed by atoms with E-state index < -0.39 is 11.9 Å². The number of aryl methyl sites for hydroxylation is 1. The SMILES string of the molecule is NC(N)=NCCCCCc1ccc2c(c1)NC(=O)C(CC(=O)O)C2. The fourth-order valence-electron chi connectivity index (χ4n) is 2.87. The van der Waals surface area contributed by atoms with E-state index in [0.717, 1.165) is 42.5 Å². The minimum atomic E-state index is -0.948. The first-order chi connectivity index (χ1) is 11.5. The van der Waals surface area contributed by atoms with Crippen LogP contribution in [0.3, 0.4) is 0 Å². The number of unbranched alkanes of at least 4 members (excludes halogenated alkanes) is 2. The molecule has 1 atom stereocenters. The number of rotatable bonds is 8. The lowest BCUT2D eigenvalue weighted by Gasteiger charge is -2.24. The van der Waals surface area contributed by atoms with Crippen LogP contribution in [0.15, 0.2) is 23.2 Å². The Kier molecular flexibility index (Phi) is 6.17. The highest BCUT2D eigenvalue weighted by atomic mass is 16.4. The molecule has 1 aliphatic rings. The van der Waals surface area contributed by atoms with Crippen molar-refractivity contribution in [3.8, 4) is 0 Å². The van der Waals surface area contributed by atoms with Gasteiger partial charge in [-0.3, -0.25) is 14.6 Å². The van der Waals surface area contributed by atoms with Crippen LogP contribution in [0.1, 0.15) is 36.8 Å². The Morgan fingerprint density at radius 1 is 1.29 bits per heavy atom. The van der Waals surface area contributed by atoms with Gasteiger partial charge in [0.05, 0.1) is 12.3 Å². The third-order valence-electron chi connectivity index (χ3n) is 4.11. The van der Waals surface area contributed by atoms with E-state index in [1.54, 1.807) is 0 Å². The van der Waals surface area contributed by atoms with Gasteiger partial charge in [-0.1, -0.05) is 18.6 Å². The molecule has 0 saturated heterocycles. The fourth-order valence-corrected chi connectivity index (χ4v) is 2.87. The number of hydrogen-bond acceptors (Lipinski definition) is 3. The molecular formula is C17H24N4O3. The minimum absolute atomic E-state index is 0.127. The molecule has 1 aromatic carbocycles. The van der Waals surface area contributed by atoms with Gasteiger partial charge >= 0.3 is 5.97 Å². The molecule has 0 aliphatic carbocycles. The van der Waals surface area contributed by atoms with Gasteiger partial charge in [0, 0.05) is 12.2 Å². The fraction of sp³-hybridized carbons (Fsp3) is 0.471. The molecule has 0 aromatic heterocycles. The molecule has 130 valence electrons. The van der Waals surface area contributed by atoms with Crippen molar-refractivity contribution in [2.75, 3.05) is 11.9 Å². The number of carbonyl (C=O) groups is 2. The molecule has 1 amide bonds. The number of guanidine groups is 1. The number of benzene rings is 1. The highest BCUT2D eigenvalue weighted by molar-refractivity contribution is 5.97. The summed E-state index contributed by atoms with van der Waals surface area (Å²) in [5.41, 5.74) is 13.5. The second-order valence-electron chi connectivity index (χ2n) is 6.10. The molecule has 0 fully saturated rings. The molecule has 7 nitrogen and oxygen atoms in total. The van der Waals surface area contributed by atoms with Crippen LogP contribution in [0.25, 0.3) is 0 Å². The average molecular weight is 332 g/mol. The monoisotopic (exact) mass is 332 g/mol. The molecule has 2 rings (SSSR count). The number of nitrogens with zero attached hydrogens (tertiary/aromatic N) is 1. The van der Waals surface area contributed by atoms with Crippen LogP contribution in [0, 0.1) is 5.92 Å². The summed E-state index contributed by atoms with van der Waals surface area (Å²) in [4.78, 5) is 26.7. The zero-order valence-electron chi connectivity index (χ0n) is 13.6.